The number of nitrogens with zero attached hydrogens (tertiary/aromatic N) is 2. The summed E-state index contributed by atoms with van der Waals surface area (Å²) in [5.74, 6) is 1.14. The average Bonchev–Trinajstić information content (AvgIpc) is 2.93. The third-order valence-corrected chi connectivity index (χ3v) is 5.00. The minimum atomic E-state index is -2.87. The van der Waals surface area contributed by atoms with E-state index >= 15 is 0 Å². The number of aromatic nitrogens is 1. The fourth-order valence-electron chi connectivity index (χ4n) is 2.25. The van der Waals surface area contributed by atoms with Crippen LogP contribution in [0.1, 0.15) is 18.9 Å². The normalized spacial score (nSPS) is 21.9. The van der Waals surface area contributed by atoms with E-state index in [1.54, 1.807) is 0 Å². The number of hydrogen-bond donors (Lipinski definition) is 2. The smallest absolute Gasteiger partial charge is 0.191 e. The predicted octanol–water partition coefficient (Wildman–Crippen LogP) is 0.267. The molecule has 112 valence electrons. The van der Waals surface area contributed by atoms with Crippen LogP contribution >= 0.6 is 0 Å². The maximum absolute atomic E-state index is 11.5. The third-order valence-electron chi connectivity index (χ3n) is 3.23. The summed E-state index contributed by atoms with van der Waals surface area (Å²) in [6, 6.07) is 1.99. The van der Waals surface area contributed by atoms with Crippen LogP contribution in [-0.4, -0.2) is 43.0 Å². The van der Waals surface area contributed by atoms with E-state index in [1.165, 1.54) is 0 Å². The van der Waals surface area contributed by atoms with Crippen LogP contribution in [0, 0.1) is 0 Å². The lowest BCUT2D eigenvalue weighted by atomic mass is 10.3. The molecule has 0 saturated carbocycles. The van der Waals surface area contributed by atoms with Crippen LogP contribution in [0.15, 0.2) is 23.5 Å². The molecule has 0 radical (unpaired) electrons. The van der Waals surface area contributed by atoms with Crippen LogP contribution in [0.25, 0.3) is 0 Å². The molecule has 1 aromatic rings. The number of guanidine groups is 1. The molecular weight excluding hydrogens is 276 g/mol. The zero-order chi connectivity index (χ0) is 14.6. The van der Waals surface area contributed by atoms with Gasteiger partial charge in [-0.1, -0.05) is 0 Å². The van der Waals surface area contributed by atoms with Gasteiger partial charge in [0.2, 0.25) is 0 Å². The van der Waals surface area contributed by atoms with Crippen LogP contribution in [-0.2, 0) is 23.4 Å². The molecule has 1 unspecified atom stereocenters. The summed E-state index contributed by atoms with van der Waals surface area (Å²) in [6.07, 6.45) is 4.65. The minimum absolute atomic E-state index is 0.0337. The van der Waals surface area contributed by atoms with Crippen molar-refractivity contribution in [2.24, 2.45) is 12.0 Å². The number of rotatable bonds is 4. The number of aryl methyl sites for hydroxylation is 1. The van der Waals surface area contributed by atoms with Crippen LogP contribution in [0.2, 0.25) is 0 Å². The van der Waals surface area contributed by atoms with Crippen molar-refractivity contribution in [1.29, 1.82) is 0 Å². The fraction of sp³-hybridized carbons (Fsp3) is 0.615. The van der Waals surface area contributed by atoms with Crippen molar-refractivity contribution in [1.82, 2.24) is 15.2 Å². The zero-order valence-corrected chi connectivity index (χ0v) is 12.8. The maximum atomic E-state index is 11.5. The van der Waals surface area contributed by atoms with E-state index < -0.39 is 9.84 Å². The van der Waals surface area contributed by atoms with Gasteiger partial charge in [-0.2, -0.15) is 0 Å². The van der Waals surface area contributed by atoms with Gasteiger partial charge >= 0.3 is 0 Å². The van der Waals surface area contributed by atoms with Crippen LogP contribution in [0.5, 0.6) is 0 Å². The number of hydrogen-bond acceptors (Lipinski definition) is 3. The summed E-state index contributed by atoms with van der Waals surface area (Å²) in [5.41, 5.74) is 1.13. The van der Waals surface area contributed by atoms with Gasteiger partial charge < -0.3 is 15.2 Å². The molecule has 2 heterocycles. The molecule has 1 atom stereocenters. The van der Waals surface area contributed by atoms with Crippen molar-refractivity contribution in [2.75, 3.05) is 18.1 Å². The second kappa shape index (κ2) is 6.30. The van der Waals surface area contributed by atoms with Gasteiger partial charge in [-0.15, -0.1) is 0 Å². The molecule has 1 aromatic heterocycles. The Labute approximate surface area is 120 Å². The Morgan fingerprint density at radius 1 is 1.55 bits per heavy atom. The Morgan fingerprint density at radius 2 is 2.35 bits per heavy atom. The van der Waals surface area contributed by atoms with Gasteiger partial charge in [0.1, 0.15) is 0 Å². The molecule has 2 rings (SSSR count). The summed E-state index contributed by atoms with van der Waals surface area (Å²) >= 11 is 0. The van der Waals surface area contributed by atoms with E-state index in [1.807, 2.05) is 37.0 Å². The van der Waals surface area contributed by atoms with Gasteiger partial charge in [0.15, 0.2) is 15.8 Å². The van der Waals surface area contributed by atoms with Gasteiger partial charge in [-0.05, 0) is 25.0 Å². The van der Waals surface area contributed by atoms with Crippen LogP contribution in [0.3, 0.4) is 0 Å². The Balaban J connectivity index is 1.96. The molecule has 0 bridgehead atoms. The van der Waals surface area contributed by atoms with Crippen molar-refractivity contribution in [3.05, 3.63) is 24.0 Å². The topological polar surface area (TPSA) is 75.5 Å². The van der Waals surface area contributed by atoms with Gasteiger partial charge in [-0.3, -0.25) is 0 Å². The molecule has 1 fully saturated rings. The first-order chi connectivity index (χ1) is 9.48. The third kappa shape index (κ3) is 4.26. The molecule has 1 saturated heterocycles. The van der Waals surface area contributed by atoms with Gasteiger partial charge in [0.05, 0.1) is 18.1 Å². The van der Waals surface area contributed by atoms with E-state index in [2.05, 4.69) is 15.6 Å². The second-order valence-electron chi connectivity index (χ2n) is 5.12. The highest BCUT2D eigenvalue weighted by Gasteiger charge is 2.28. The highest BCUT2D eigenvalue weighted by molar-refractivity contribution is 7.91. The van der Waals surface area contributed by atoms with Gasteiger partial charge in [0, 0.05) is 32.0 Å². The molecule has 1 aliphatic heterocycles. The molecule has 0 aromatic carbocycles. The number of aliphatic imine (C=N–C) groups is 1. The van der Waals surface area contributed by atoms with E-state index in [0.717, 1.165) is 12.1 Å². The van der Waals surface area contributed by atoms with Crippen molar-refractivity contribution in [3.8, 4) is 0 Å². The highest BCUT2D eigenvalue weighted by Crippen LogP contribution is 2.11. The van der Waals surface area contributed by atoms with Crippen molar-refractivity contribution < 1.29 is 8.42 Å². The molecule has 7 heteroatoms. The quantitative estimate of drug-likeness (QED) is 0.618. The predicted molar refractivity (Wildman–Crippen MR) is 80.4 cm³/mol. The largest absolute Gasteiger partial charge is 0.357 e. The first-order valence-corrected chi connectivity index (χ1v) is 8.67. The van der Waals surface area contributed by atoms with E-state index in [-0.39, 0.29) is 17.5 Å². The van der Waals surface area contributed by atoms with E-state index in [9.17, 15) is 8.42 Å². The lowest BCUT2D eigenvalue weighted by Crippen LogP contribution is -2.44. The molecule has 0 amide bonds. The average molecular weight is 298 g/mol. The Morgan fingerprint density at radius 3 is 2.90 bits per heavy atom. The van der Waals surface area contributed by atoms with Crippen molar-refractivity contribution >= 4 is 15.8 Å². The lowest BCUT2D eigenvalue weighted by Gasteiger charge is -2.15. The monoisotopic (exact) mass is 298 g/mol. The standard InChI is InChI=1S/C13H22N4O2S/c1-3-14-13(15-8-11-4-6-17(2)9-11)16-12-5-7-20(18,19)10-12/h4,6,9,12H,3,5,7-8,10H2,1-2H3,(H2,14,15,16). The zero-order valence-electron chi connectivity index (χ0n) is 12.0. The van der Waals surface area contributed by atoms with Crippen molar-refractivity contribution in [3.63, 3.8) is 0 Å². The fourth-order valence-corrected chi connectivity index (χ4v) is 3.92. The lowest BCUT2D eigenvalue weighted by molar-refractivity contribution is 0.599. The van der Waals surface area contributed by atoms with E-state index in [4.69, 9.17) is 0 Å². The van der Waals surface area contributed by atoms with Crippen molar-refractivity contribution in [2.45, 2.75) is 25.9 Å². The molecule has 2 N–H and O–H groups in total. The Hall–Kier alpha value is -1.50. The first-order valence-electron chi connectivity index (χ1n) is 6.84. The molecular formula is C13H22N4O2S. The summed E-state index contributed by atoms with van der Waals surface area (Å²) in [4.78, 5) is 4.49. The summed E-state index contributed by atoms with van der Waals surface area (Å²) < 4.78 is 24.9. The molecule has 0 aliphatic carbocycles. The Bertz CT molecular complexity index is 577. The van der Waals surface area contributed by atoms with Gasteiger partial charge in [0.25, 0.3) is 0 Å². The highest BCUT2D eigenvalue weighted by atomic mass is 32.2. The minimum Gasteiger partial charge on any atom is -0.357 e. The summed E-state index contributed by atoms with van der Waals surface area (Å²) in [7, 11) is -0.896. The molecule has 6 nitrogen and oxygen atoms in total. The Kier molecular flexibility index (Phi) is 4.69. The SMILES string of the molecule is CCNC(=NCc1ccn(C)c1)NC1CCS(=O)(=O)C1. The van der Waals surface area contributed by atoms with Gasteiger partial charge in [-0.25, -0.2) is 13.4 Å². The van der Waals surface area contributed by atoms with E-state index in [0.29, 0.717) is 18.9 Å². The first kappa shape index (κ1) is 14.9. The number of nitrogens with one attached hydrogen (secondary N) is 2. The van der Waals surface area contributed by atoms with Crippen LogP contribution in [0.4, 0.5) is 0 Å². The number of sulfone groups is 1. The molecule has 1 aliphatic rings. The summed E-state index contributed by atoms with van der Waals surface area (Å²) in [6.45, 7) is 3.32. The maximum Gasteiger partial charge on any atom is 0.191 e. The van der Waals surface area contributed by atoms with Crippen LogP contribution < -0.4 is 10.6 Å². The summed E-state index contributed by atoms with van der Waals surface area (Å²) in [5, 5.41) is 6.35. The molecule has 0 spiro atoms. The molecule has 20 heavy (non-hydrogen) atoms. The second-order valence-corrected chi connectivity index (χ2v) is 7.35.